The maximum Gasteiger partial charge on any atom is 0.220 e. The number of aliphatic hydroxyl groups is 5. The van der Waals surface area contributed by atoms with Crippen molar-refractivity contribution in [1.29, 1.82) is 0 Å². The van der Waals surface area contributed by atoms with Crippen molar-refractivity contribution in [3.05, 3.63) is 48.6 Å². The molecule has 0 saturated carbocycles. The summed E-state index contributed by atoms with van der Waals surface area (Å²) in [4.78, 5) is 13.0. The largest absolute Gasteiger partial charge is 0.394 e. The second kappa shape index (κ2) is 51.6. The molecule has 0 bridgehead atoms. The SMILES string of the molecule is CCCCCCC/C=C/CC/C=C/CC/C=C/C(O)C(COC1OC(CO)C(O)C(O)C1O)NC(=O)CCCCCCCCCCCCCCCCCCC/C=C\CCCCCCCCCCCCCC. The van der Waals surface area contributed by atoms with Crippen molar-refractivity contribution in [1.82, 2.24) is 5.32 Å². The van der Waals surface area contributed by atoms with E-state index in [0.717, 1.165) is 51.4 Å². The normalized spacial score (nSPS) is 19.6. The van der Waals surface area contributed by atoms with Crippen molar-refractivity contribution >= 4 is 5.91 Å². The van der Waals surface area contributed by atoms with Crippen LogP contribution in [0.3, 0.4) is 0 Å². The van der Waals surface area contributed by atoms with E-state index in [0.29, 0.717) is 6.42 Å². The van der Waals surface area contributed by atoms with Crippen LogP contribution in [0.2, 0.25) is 0 Å². The summed E-state index contributed by atoms with van der Waals surface area (Å²) < 4.78 is 11.2. The maximum absolute atomic E-state index is 13.0. The fourth-order valence-corrected chi connectivity index (χ4v) is 9.54. The van der Waals surface area contributed by atoms with Crippen LogP contribution in [-0.4, -0.2) is 87.5 Å². The zero-order valence-electron chi connectivity index (χ0n) is 46.2. The van der Waals surface area contributed by atoms with E-state index in [2.05, 4.69) is 55.6 Å². The first-order chi connectivity index (χ1) is 34.8. The van der Waals surface area contributed by atoms with Crippen LogP contribution >= 0.6 is 0 Å². The van der Waals surface area contributed by atoms with Gasteiger partial charge in [0.25, 0.3) is 0 Å². The van der Waals surface area contributed by atoms with Crippen LogP contribution in [0.15, 0.2) is 48.6 Å². The van der Waals surface area contributed by atoms with Gasteiger partial charge in [-0.05, 0) is 70.6 Å². The van der Waals surface area contributed by atoms with E-state index in [9.17, 15) is 30.3 Å². The van der Waals surface area contributed by atoms with Gasteiger partial charge >= 0.3 is 0 Å². The van der Waals surface area contributed by atoms with Gasteiger partial charge in [0, 0.05) is 6.42 Å². The van der Waals surface area contributed by atoms with Gasteiger partial charge in [-0.3, -0.25) is 4.79 Å². The summed E-state index contributed by atoms with van der Waals surface area (Å²) in [5.74, 6) is -0.188. The average molecular weight is 1000 g/mol. The maximum atomic E-state index is 13.0. The summed E-state index contributed by atoms with van der Waals surface area (Å²) in [7, 11) is 0. The van der Waals surface area contributed by atoms with Crippen molar-refractivity contribution < 1.29 is 39.8 Å². The molecule has 1 heterocycles. The molecule has 0 aromatic carbocycles. The fourth-order valence-electron chi connectivity index (χ4n) is 9.54. The molecule has 7 atom stereocenters. The van der Waals surface area contributed by atoms with Crippen LogP contribution in [0.25, 0.3) is 0 Å². The fraction of sp³-hybridized carbons (Fsp3) is 0.855. The molecule has 0 spiro atoms. The highest BCUT2D eigenvalue weighted by atomic mass is 16.7. The Labute approximate surface area is 437 Å². The molecule has 416 valence electrons. The highest BCUT2D eigenvalue weighted by Crippen LogP contribution is 2.23. The number of allylic oxidation sites excluding steroid dienone is 7. The minimum atomic E-state index is -1.57. The topological polar surface area (TPSA) is 149 Å². The standard InChI is InChI=1S/C62H115NO8/c1-3-5-7-9-11-13-15-17-19-20-21-22-23-24-25-26-27-28-29-30-31-32-33-34-35-36-38-40-42-44-46-48-50-52-58(66)63-55(54-70-62-61(69)60(68)59(67)57(53-64)71-62)56(65)51-49-47-45-43-41-39-37-18-16-14-12-10-8-6-4-2/h16,18,24-25,41,43,49,51,55-57,59-62,64-65,67-69H,3-15,17,19-23,26-40,42,44-48,50,52-54H2,1-2H3,(H,63,66)/b18-16+,25-24-,43-41+,51-49+. The number of carbonyl (C=O) groups excluding carboxylic acids is 1. The van der Waals surface area contributed by atoms with E-state index in [-0.39, 0.29) is 12.5 Å². The highest BCUT2D eigenvalue weighted by molar-refractivity contribution is 5.76. The molecule has 6 N–H and O–H groups in total. The summed E-state index contributed by atoms with van der Waals surface area (Å²) in [5.41, 5.74) is 0. The van der Waals surface area contributed by atoms with Crippen LogP contribution < -0.4 is 5.32 Å². The van der Waals surface area contributed by atoms with Gasteiger partial charge in [-0.1, -0.05) is 255 Å². The third kappa shape index (κ3) is 41.1. The van der Waals surface area contributed by atoms with E-state index < -0.39 is 49.5 Å². The number of hydrogen-bond donors (Lipinski definition) is 6. The molecule has 1 rings (SSSR count). The molecule has 1 fully saturated rings. The zero-order chi connectivity index (χ0) is 51.5. The van der Waals surface area contributed by atoms with E-state index in [4.69, 9.17) is 9.47 Å². The quantitative estimate of drug-likeness (QED) is 0.0261. The lowest BCUT2D eigenvalue weighted by Crippen LogP contribution is -2.60. The smallest absolute Gasteiger partial charge is 0.220 e. The van der Waals surface area contributed by atoms with Crippen LogP contribution in [-0.2, 0) is 14.3 Å². The van der Waals surface area contributed by atoms with Gasteiger partial charge in [0.05, 0.1) is 25.4 Å². The van der Waals surface area contributed by atoms with Crippen molar-refractivity contribution in [2.45, 2.75) is 326 Å². The molecule has 71 heavy (non-hydrogen) atoms. The number of aliphatic hydroxyl groups excluding tert-OH is 5. The minimum absolute atomic E-state index is 0.188. The number of rotatable bonds is 52. The Morgan fingerprint density at radius 2 is 0.803 bits per heavy atom. The van der Waals surface area contributed by atoms with E-state index in [1.165, 1.54) is 212 Å². The molecule has 9 nitrogen and oxygen atoms in total. The first kappa shape index (κ1) is 67.2. The molecule has 1 aliphatic rings. The number of ether oxygens (including phenoxy) is 2. The first-order valence-corrected chi connectivity index (χ1v) is 30.4. The summed E-state index contributed by atoms with van der Waals surface area (Å²) in [6, 6.07) is -0.827. The molecule has 0 aliphatic carbocycles. The van der Waals surface area contributed by atoms with Crippen LogP contribution in [0.4, 0.5) is 0 Å². The second-order valence-corrected chi connectivity index (χ2v) is 21.1. The zero-order valence-corrected chi connectivity index (χ0v) is 46.2. The summed E-state index contributed by atoms with van der Waals surface area (Å²) in [6.07, 6.45) is 62.0. The van der Waals surface area contributed by atoms with Gasteiger partial charge in [0.2, 0.25) is 5.91 Å². The average Bonchev–Trinajstić information content (AvgIpc) is 3.37. The molecule has 1 aliphatic heterocycles. The lowest BCUT2D eigenvalue weighted by molar-refractivity contribution is -0.302. The highest BCUT2D eigenvalue weighted by Gasteiger charge is 2.44. The number of amides is 1. The van der Waals surface area contributed by atoms with Gasteiger partial charge in [-0.15, -0.1) is 0 Å². The third-order valence-electron chi connectivity index (χ3n) is 14.4. The van der Waals surface area contributed by atoms with Crippen molar-refractivity contribution in [2.75, 3.05) is 13.2 Å². The van der Waals surface area contributed by atoms with Crippen molar-refractivity contribution in [3.8, 4) is 0 Å². The Kier molecular flexibility index (Phi) is 48.8. The van der Waals surface area contributed by atoms with Crippen molar-refractivity contribution in [3.63, 3.8) is 0 Å². The van der Waals surface area contributed by atoms with Crippen molar-refractivity contribution in [2.24, 2.45) is 0 Å². The Morgan fingerprint density at radius 1 is 0.465 bits per heavy atom. The van der Waals surface area contributed by atoms with Gasteiger partial charge in [-0.2, -0.15) is 0 Å². The molecule has 7 unspecified atom stereocenters. The van der Waals surface area contributed by atoms with Crippen LogP contribution in [0.5, 0.6) is 0 Å². The lowest BCUT2D eigenvalue weighted by atomic mass is 9.99. The number of nitrogens with one attached hydrogen (secondary N) is 1. The summed E-state index contributed by atoms with van der Waals surface area (Å²) in [6.45, 7) is 3.76. The molecule has 1 amide bonds. The monoisotopic (exact) mass is 1000 g/mol. The Bertz CT molecular complexity index is 1250. The Balaban J connectivity index is 2.13. The predicted molar refractivity (Wildman–Crippen MR) is 299 cm³/mol. The Morgan fingerprint density at radius 3 is 1.18 bits per heavy atom. The predicted octanol–water partition coefficient (Wildman–Crippen LogP) is 15.3. The second-order valence-electron chi connectivity index (χ2n) is 21.1. The molecule has 9 heteroatoms. The summed E-state index contributed by atoms with van der Waals surface area (Å²) in [5, 5.41) is 54.4. The number of unbranched alkanes of at least 4 members (excludes halogenated alkanes) is 36. The first-order valence-electron chi connectivity index (χ1n) is 30.4. The summed E-state index contributed by atoms with van der Waals surface area (Å²) >= 11 is 0. The van der Waals surface area contributed by atoms with Gasteiger partial charge < -0.3 is 40.3 Å². The van der Waals surface area contributed by atoms with E-state index >= 15 is 0 Å². The van der Waals surface area contributed by atoms with Gasteiger partial charge in [-0.25, -0.2) is 0 Å². The molecule has 1 saturated heterocycles. The number of carbonyl (C=O) groups is 1. The number of hydrogen-bond acceptors (Lipinski definition) is 8. The van der Waals surface area contributed by atoms with E-state index in [1.54, 1.807) is 6.08 Å². The van der Waals surface area contributed by atoms with Gasteiger partial charge in [0.15, 0.2) is 6.29 Å². The van der Waals surface area contributed by atoms with Crippen LogP contribution in [0, 0.1) is 0 Å². The minimum Gasteiger partial charge on any atom is -0.394 e. The molecule has 0 aromatic rings. The molecule has 0 aromatic heterocycles. The lowest BCUT2D eigenvalue weighted by Gasteiger charge is -2.40. The molecular formula is C62H115NO8. The third-order valence-corrected chi connectivity index (χ3v) is 14.4. The van der Waals surface area contributed by atoms with E-state index in [1.807, 2.05) is 6.08 Å². The van der Waals surface area contributed by atoms with Crippen LogP contribution in [0.1, 0.15) is 284 Å². The van der Waals surface area contributed by atoms with Gasteiger partial charge in [0.1, 0.15) is 24.4 Å². The molecule has 0 radical (unpaired) electrons. The Hall–Kier alpha value is -1.85. The molecular weight excluding hydrogens is 887 g/mol.